The Bertz CT molecular complexity index is 3900. The van der Waals surface area contributed by atoms with Crippen molar-refractivity contribution in [3.8, 4) is 51.0 Å². The van der Waals surface area contributed by atoms with Crippen molar-refractivity contribution < 1.29 is 0 Å². The lowest BCUT2D eigenvalue weighted by Gasteiger charge is -2.48. The fourth-order valence-electron chi connectivity index (χ4n) is 12.6. The van der Waals surface area contributed by atoms with Gasteiger partial charge in [0.15, 0.2) is 11.6 Å². The highest BCUT2D eigenvalue weighted by atomic mass is 15.2. The largest absolute Gasteiger partial charge is 0.277 e. The van der Waals surface area contributed by atoms with E-state index in [1.165, 1.54) is 66.8 Å². The number of hydrogen-bond acceptors (Lipinski definition) is 3. The van der Waals surface area contributed by atoms with Gasteiger partial charge in [0.1, 0.15) is 0 Å². The first kappa shape index (κ1) is 36.6. The lowest BCUT2D eigenvalue weighted by Crippen LogP contribution is -2.43. The third kappa shape index (κ3) is 4.64. The molecule has 2 aromatic heterocycles. The van der Waals surface area contributed by atoms with Crippen LogP contribution in [-0.4, -0.2) is 19.5 Å². The van der Waals surface area contributed by atoms with Gasteiger partial charge in [0.05, 0.1) is 21.9 Å². The Balaban J connectivity index is 1.10. The van der Waals surface area contributed by atoms with Gasteiger partial charge >= 0.3 is 0 Å². The van der Waals surface area contributed by atoms with E-state index in [0.717, 1.165) is 43.7 Å². The summed E-state index contributed by atoms with van der Waals surface area (Å²) in [6, 6.07) is 84.7. The van der Waals surface area contributed by atoms with Crippen LogP contribution in [0.1, 0.15) is 44.5 Å². The van der Waals surface area contributed by atoms with Crippen molar-refractivity contribution >= 4 is 32.6 Å². The van der Waals surface area contributed by atoms with Crippen molar-refractivity contribution in [2.45, 2.75) is 10.8 Å². The normalized spacial score (nSPS) is 14.2. The summed E-state index contributed by atoms with van der Waals surface area (Å²) in [5, 5.41) is 4.61. The summed E-state index contributed by atoms with van der Waals surface area (Å²) in [6.45, 7) is 0. The van der Waals surface area contributed by atoms with E-state index < -0.39 is 10.8 Å². The van der Waals surface area contributed by atoms with E-state index in [1.807, 2.05) is 36.4 Å². The first-order valence-corrected chi connectivity index (χ1v) is 23.1. The quantitative estimate of drug-likeness (QED) is 0.178. The fraction of sp³-hybridized carbons (Fsp3) is 0.0317. The highest BCUT2D eigenvalue weighted by Gasteiger charge is 2.59. The molecule has 310 valence electrons. The molecule has 0 radical (unpaired) electrons. The molecule has 0 fully saturated rings. The second-order valence-corrected chi connectivity index (χ2v) is 18.2. The van der Waals surface area contributed by atoms with Crippen LogP contribution >= 0.6 is 0 Å². The Labute approximate surface area is 387 Å². The fourth-order valence-corrected chi connectivity index (χ4v) is 12.6. The highest BCUT2D eigenvalue weighted by molar-refractivity contribution is 6.20. The van der Waals surface area contributed by atoms with Crippen molar-refractivity contribution in [3.05, 3.63) is 275 Å². The van der Waals surface area contributed by atoms with Crippen LogP contribution in [0.4, 0.5) is 0 Å². The summed E-state index contributed by atoms with van der Waals surface area (Å²) >= 11 is 0. The molecule has 3 aliphatic carbocycles. The smallest absolute Gasteiger partial charge is 0.238 e. The van der Waals surface area contributed by atoms with Crippen molar-refractivity contribution in [1.82, 2.24) is 19.5 Å². The molecule has 4 nitrogen and oxygen atoms in total. The lowest BCUT2D eigenvalue weighted by molar-refractivity contribution is 0.633. The minimum Gasteiger partial charge on any atom is -0.277 e. The van der Waals surface area contributed by atoms with E-state index >= 15 is 0 Å². The van der Waals surface area contributed by atoms with Gasteiger partial charge in [0.25, 0.3) is 0 Å². The van der Waals surface area contributed by atoms with Crippen LogP contribution in [0.25, 0.3) is 83.6 Å². The van der Waals surface area contributed by atoms with Crippen LogP contribution in [0.3, 0.4) is 0 Å². The SMILES string of the molecule is c1ccc(-c2nc(-c3ccccc3)nc(-n3c4cc5c(cc4c4ccc6ccccc6c43)-c3ccccc3C53c4ccccc4C4(c5ccccc5-c5ccccc54)c4ccccc43)n2)cc1. The third-order valence-electron chi connectivity index (χ3n) is 15.1. The van der Waals surface area contributed by atoms with Gasteiger partial charge < -0.3 is 0 Å². The number of fused-ring (bicyclic) bond motifs is 21. The average molecular weight is 851 g/mol. The zero-order valence-corrected chi connectivity index (χ0v) is 36.2. The van der Waals surface area contributed by atoms with Gasteiger partial charge in [0, 0.05) is 27.3 Å². The Morgan fingerprint density at radius 1 is 0.299 bits per heavy atom. The molecule has 0 atom stereocenters. The van der Waals surface area contributed by atoms with E-state index in [0.29, 0.717) is 17.6 Å². The Hall–Kier alpha value is -8.73. The molecule has 12 aromatic rings. The molecular formula is C63H38N4. The zero-order valence-electron chi connectivity index (χ0n) is 36.2. The van der Waals surface area contributed by atoms with Crippen molar-refractivity contribution in [3.63, 3.8) is 0 Å². The van der Waals surface area contributed by atoms with Crippen molar-refractivity contribution in [1.29, 1.82) is 0 Å². The second kappa shape index (κ2) is 13.4. The maximum absolute atomic E-state index is 5.42. The van der Waals surface area contributed by atoms with Gasteiger partial charge in [-0.15, -0.1) is 0 Å². The lowest BCUT2D eigenvalue weighted by atomic mass is 9.52. The molecule has 0 saturated carbocycles. The first-order chi connectivity index (χ1) is 33.2. The van der Waals surface area contributed by atoms with Gasteiger partial charge in [-0.3, -0.25) is 4.57 Å². The van der Waals surface area contributed by atoms with E-state index in [-0.39, 0.29) is 0 Å². The van der Waals surface area contributed by atoms with E-state index in [4.69, 9.17) is 15.0 Å². The average Bonchev–Trinajstić information content (AvgIpc) is 4.00. The summed E-state index contributed by atoms with van der Waals surface area (Å²) in [5.41, 5.74) is 18.4. The van der Waals surface area contributed by atoms with Crippen LogP contribution in [0, 0.1) is 0 Å². The van der Waals surface area contributed by atoms with Crippen LogP contribution in [0.2, 0.25) is 0 Å². The zero-order chi connectivity index (χ0) is 43.8. The number of benzene rings is 10. The number of nitrogens with zero attached hydrogens (tertiary/aromatic N) is 4. The second-order valence-electron chi connectivity index (χ2n) is 18.2. The summed E-state index contributed by atoms with van der Waals surface area (Å²) in [5.74, 6) is 1.83. The minimum atomic E-state index is -0.655. The first-order valence-electron chi connectivity index (χ1n) is 23.1. The van der Waals surface area contributed by atoms with Gasteiger partial charge in [-0.25, -0.2) is 4.98 Å². The number of aromatic nitrogens is 4. The van der Waals surface area contributed by atoms with E-state index in [1.54, 1.807) is 0 Å². The monoisotopic (exact) mass is 850 g/mol. The van der Waals surface area contributed by atoms with Gasteiger partial charge in [-0.2, -0.15) is 9.97 Å². The maximum Gasteiger partial charge on any atom is 0.238 e. The minimum absolute atomic E-state index is 0.520. The maximum atomic E-state index is 5.42. The molecular weight excluding hydrogens is 813 g/mol. The molecule has 0 aliphatic heterocycles. The predicted molar refractivity (Wildman–Crippen MR) is 271 cm³/mol. The predicted octanol–water partition coefficient (Wildman–Crippen LogP) is 14.5. The molecule has 0 unspecified atom stereocenters. The van der Waals surface area contributed by atoms with Crippen LogP contribution < -0.4 is 0 Å². The molecule has 15 rings (SSSR count). The van der Waals surface area contributed by atoms with Crippen LogP contribution in [0.15, 0.2) is 231 Å². The van der Waals surface area contributed by atoms with Crippen LogP contribution in [-0.2, 0) is 10.8 Å². The summed E-state index contributed by atoms with van der Waals surface area (Å²) < 4.78 is 2.33. The molecule has 67 heavy (non-hydrogen) atoms. The Morgan fingerprint density at radius 3 is 1.27 bits per heavy atom. The van der Waals surface area contributed by atoms with Gasteiger partial charge in [0.2, 0.25) is 5.95 Å². The molecule has 2 spiro atoms. The molecule has 0 bridgehead atoms. The summed E-state index contributed by atoms with van der Waals surface area (Å²) in [7, 11) is 0. The van der Waals surface area contributed by atoms with Crippen LogP contribution in [0.5, 0.6) is 0 Å². The topological polar surface area (TPSA) is 43.6 Å². The molecule has 0 amide bonds. The molecule has 0 saturated heterocycles. The Morgan fingerprint density at radius 2 is 0.731 bits per heavy atom. The molecule has 3 aliphatic rings. The van der Waals surface area contributed by atoms with Gasteiger partial charge in [-0.05, 0) is 84.3 Å². The van der Waals surface area contributed by atoms with Crippen molar-refractivity contribution in [2.24, 2.45) is 0 Å². The summed E-state index contributed by atoms with van der Waals surface area (Å²) in [4.78, 5) is 16.0. The third-order valence-corrected chi connectivity index (χ3v) is 15.1. The van der Waals surface area contributed by atoms with Gasteiger partial charge in [-0.1, -0.05) is 218 Å². The van der Waals surface area contributed by atoms with E-state index in [2.05, 4.69) is 199 Å². The van der Waals surface area contributed by atoms with Crippen molar-refractivity contribution in [2.75, 3.05) is 0 Å². The molecule has 0 N–H and O–H groups in total. The number of rotatable bonds is 3. The highest BCUT2D eigenvalue weighted by Crippen LogP contribution is 2.67. The molecule has 2 heterocycles. The standard InChI is InChI=1S/C63H38N4/c1-3-20-40(21-4-1)59-64-60(41-22-5-2-6-23-41)66-61(65-59)67-57-38-56-47(37-48(57)46-36-35-39-19-7-8-24-42(39)58(46)67)45-27-11-14-30-51(45)63(56)54-33-17-15-31-52(54)62(53-32-16-18-34-55(53)63)49-28-12-9-25-43(49)44-26-10-13-29-50(44)62/h1-38H. The summed E-state index contributed by atoms with van der Waals surface area (Å²) in [6.07, 6.45) is 0. The Kier molecular flexibility index (Phi) is 7.33. The van der Waals surface area contributed by atoms with E-state index in [9.17, 15) is 0 Å². The molecule has 4 heteroatoms. The molecule has 10 aromatic carbocycles. The number of hydrogen-bond donors (Lipinski definition) is 0.